The Morgan fingerprint density at radius 2 is 1.66 bits per heavy atom. The Kier molecular flexibility index (Phi) is 5.96. The van der Waals surface area contributed by atoms with Crippen molar-refractivity contribution in [2.75, 3.05) is 23.3 Å². The fourth-order valence-corrected chi connectivity index (χ4v) is 4.16. The highest BCUT2D eigenvalue weighted by atomic mass is 32.2. The van der Waals surface area contributed by atoms with E-state index < -0.39 is 10.0 Å². The standard InChI is InChI=1S/C23H19N3O5S/c24-15-16-3-1-4-19(13-16)25-23(27)17-5-7-18(8-6-17)26-32(28,29)20-9-10-21-22(14-20)31-12-2-11-30-21/h1,3-10,13-14,26H,2,11-12H2,(H,25,27). The van der Waals surface area contributed by atoms with E-state index in [9.17, 15) is 13.2 Å². The van der Waals surface area contributed by atoms with Gasteiger partial charge in [0, 0.05) is 29.4 Å². The highest BCUT2D eigenvalue weighted by Gasteiger charge is 2.19. The first-order valence-electron chi connectivity index (χ1n) is 9.79. The summed E-state index contributed by atoms with van der Waals surface area (Å²) in [6.07, 6.45) is 0.721. The van der Waals surface area contributed by atoms with E-state index in [1.165, 1.54) is 36.4 Å². The lowest BCUT2D eigenvalue weighted by molar-refractivity contribution is 0.102. The molecule has 0 bridgehead atoms. The second-order valence-electron chi connectivity index (χ2n) is 6.99. The molecule has 3 aromatic rings. The van der Waals surface area contributed by atoms with Crippen molar-refractivity contribution in [2.45, 2.75) is 11.3 Å². The fourth-order valence-electron chi connectivity index (χ4n) is 3.08. The van der Waals surface area contributed by atoms with E-state index in [0.717, 1.165) is 6.42 Å². The lowest BCUT2D eigenvalue weighted by atomic mass is 10.1. The molecule has 0 saturated carbocycles. The van der Waals surface area contributed by atoms with Crippen molar-refractivity contribution in [3.63, 3.8) is 0 Å². The SMILES string of the molecule is N#Cc1cccc(NC(=O)c2ccc(NS(=O)(=O)c3ccc4c(c3)OCCCO4)cc2)c1. The van der Waals surface area contributed by atoms with Crippen molar-refractivity contribution in [2.24, 2.45) is 0 Å². The molecule has 8 nitrogen and oxygen atoms in total. The maximum absolute atomic E-state index is 12.8. The predicted molar refractivity (Wildman–Crippen MR) is 118 cm³/mol. The minimum absolute atomic E-state index is 0.0425. The van der Waals surface area contributed by atoms with Gasteiger partial charge in [0.1, 0.15) is 0 Å². The largest absolute Gasteiger partial charge is 0.490 e. The minimum atomic E-state index is -3.86. The number of nitrogens with one attached hydrogen (secondary N) is 2. The van der Waals surface area contributed by atoms with E-state index >= 15 is 0 Å². The number of nitrogens with zero attached hydrogens (tertiary/aromatic N) is 1. The van der Waals surface area contributed by atoms with Gasteiger partial charge in [0.15, 0.2) is 11.5 Å². The zero-order valence-corrected chi connectivity index (χ0v) is 17.7. The number of anilines is 2. The van der Waals surface area contributed by atoms with E-state index in [2.05, 4.69) is 10.0 Å². The summed E-state index contributed by atoms with van der Waals surface area (Å²) in [4.78, 5) is 12.5. The Bertz CT molecular complexity index is 1300. The van der Waals surface area contributed by atoms with E-state index in [1.807, 2.05) is 6.07 Å². The number of ether oxygens (including phenoxy) is 2. The summed E-state index contributed by atoms with van der Waals surface area (Å²) in [5.74, 6) is 0.521. The summed E-state index contributed by atoms with van der Waals surface area (Å²) in [7, 11) is -3.86. The molecule has 1 aliphatic rings. The topological polar surface area (TPSA) is 118 Å². The molecule has 4 rings (SSSR count). The van der Waals surface area contributed by atoms with Gasteiger partial charge in [-0.25, -0.2) is 8.42 Å². The van der Waals surface area contributed by atoms with Crippen molar-refractivity contribution in [3.8, 4) is 17.6 Å². The highest BCUT2D eigenvalue weighted by molar-refractivity contribution is 7.92. The molecule has 162 valence electrons. The number of rotatable bonds is 5. The summed E-state index contributed by atoms with van der Waals surface area (Å²) in [5, 5.41) is 11.7. The fraction of sp³-hybridized carbons (Fsp3) is 0.130. The Hall–Kier alpha value is -4.03. The summed E-state index contributed by atoms with van der Waals surface area (Å²) in [6.45, 7) is 0.968. The number of benzene rings is 3. The van der Waals surface area contributed by atoms with E-state index in [1.54, 1.807) is 30.3 Å². The predicted octanol–water partition coefficient (Wildman–Crippen LogP) is 3.77. The van der Waals surface area contributed by atoms with Crippen LogP contribution >= 0.6 is 0 Å². The average Bonchev–Trinajstić information content (AvgIpc) is 3.04. The van der Waals surface area contributed by atoms with Crippen molar-refractivity contribution in [1.82, 2.24) is 0 Å². The van der Waals surface area contributed by atoms with Crippen LogP contribution in [0.15, 0.2) is 71.6 Å². The molecule has 2 N–H and O–H groups in total. The van der Waals surface area contributed by atoms with Gasteiger partial charge in [-0.1, -0.05) is 6.07 Å². The number of amides is 1. The molecule has 0 atom stereocenters. The molecule has 0 unspecified atom stereocenters. The van der Waals surface area contributed by atoms with Gasteiger partial charge in [0.2, 0.25) is 0 Å². The zero-order valence-electron chi connectivity index (χ0n) is 16.9. The average molecular weight is 449 g/mol. The van der Waals surface area contributed by atoms with Crippen LogP contribution in [-0.2, 0) is 10.0 Å². The van der Waals surface area contributed by atoms with Crippen LogP contribution in [0, 0.1) is 11.3 Å². The number of sulfonamides is 1. The number of hydrogen-bond acceptors (Lipinski definition) is 6. The Morgan fingerprint density at radius 1 is 0.906 bits per heavy atom. The Balaban J connectivity index is 1.46. The molecule has 0 radical (unpaired) electrons. The number of hydrogen-bond donors (Lipinski definition) is 2. The molecule has 9 heteroatoms. The third-order valence-corrected chi connectivity index (χ3v) is 6.06. The lowest BCUT2D eigenvalue weighted by Crippen LogP contribution is -2.14. The first-order valence-corrected chi connectivity index (χ1v) is 11.3. The van der Waals surface area contributed by atoms with Crippen LogP contribution in [0.3, 0.4) is 0 Å². The van der Waals surface area contributed by atoms with Gasteiger partial charge in [0.25, 0.3) is 15.9 Å². The number of fused-ring (bicyclic) bond motifs is 1. The van der Waals surface area contributed by atoms with Gasteiger partial charge < -0.3 is 14.8 Å². The van der Waals surface area contributed by atoms with Crippen molar-refractivity contribution in [3.05, 3.63) is 77.9 Å². The van der Waals surface area contributed by atoms with Gasteiger partial charge in [-0.3, -0.25) is 9.52 Å². The van der Waals surface area contributed by atoms with Crippen LogP contribution in [0.2, 0.25) is 0 Å². The van der Waals surface area contributed by atoms with Crippen molar-refractivity contribution in [1.29, 1.82) is 5.26 Å². The van der Waals surface area contributed by atoms with Crippen LogP contribution in [0.4, 0.5) is 11.4 Å². The van der Waals surface area contributed by atoms with E-state index in [4.69, 9.17) is 14.7 Å². The maximum Gasteiger partial charge on any atom is 0.262 e. The zero-order chi connectivity index (χ0) is 22.6. The molecule has 1 aliphatic heterocycles. The normalized spacial score (nSPS) is 12.8. The second-order valence-corrected chi connectivity index (χ2v) is 8.67. The molecule has 3 aromatic carbocycles. The summed E-state index contributed by atoms with van der Waals surface area (Å²) in [5.41, 5.74) is 1.57. The van der Waals surface area contributed by atoms with Crippen LogP contribution < -0.4 is 19.5 Å². The van der Waals surface area contributed by atoms with Crippen LogP contribution in [0.5, 0.6) is 11.5 Å². The monoisotopic (exact) mass is 449 g/mol. The van der Waals surface area contributed by atoms with E-state index in [-0.39, 0.29) is 10.8 Å². The van der Waals surface area contributed by atoms with Crippen molar-refractivity contribution >= 4 is 27.3 Å². The molecule has 0 aliphatic carbocycles. The van der Waals surface area contributed by atoms with Gasteiger partial charge in [-0.05, 0) is 54.6 Å². The minimum Gasteiger partial charge on any atom is -0.490 e. The van der Waals surface area contributed by atoms with E-state index in [0.29, 0.717) is 47.2 Å². The molecular formula is C23H19N3O5S. The molecule has 1 amide bonds. The van der Waals surface area contributed by atoms with Crippen LogP contribution in [0.1, 0.15) is 22.3 Å². The third kappa shape index (κ3) is 4.82. The molecule has 0 aromatic heterocycles. The third-order valence-electron chi connectivity index (χ3n) is 4.68. The highest BCUT2D eigenvalue weighted by Crippen LogP contribution is 2.32. The van der Waals surface area contributed by atoms with Crippen molar-refractivity contribution < 1.29 is 22.7 Å². The molecule has 0 saturated heterocycles. The summed E-state index contributed by atoms with van der Waals surface area (Å²) < 4.78 is 39.1. The quantitative estimate of drug-likeness (QED) is 0.612. The summed E-state index contributed by atoms with van der Waals surface area (Å²) >= 11 is 0. The first-order chi connectivity index (χ1) is 15.4. The molecule has 0 spiro atoms. The van der Waals surface area contributed by atoms with Crippen LogP contribution in [0.25, 0.3) is 0 Å². The smallest absolute Gasteiger partial charge is 0.262 e. The van der Waals surface area contributed by atoms with Crippen LogP contribution in [-0.4, -0.2) is 27.5 Å². The first kappa shape index (κ1) is 21.2. The van der Waals surface area contributed by atoms with Gasteiger partial charge in [-0.2, -0.15) is 5.26 Å². The molecule has 32 heavy (non-hydrogen) atoms. The van der Waals surface area contributed by atoms with Gasteiger partial charge >= 0.3 is 0 Å². The number of nitriles is 1. The second kappa shape index (κ2) is 8.99. The molecule has 0 fully saturated rings. The summed E-state index contributed by atoms with van der Waals surface area (Å²) in [6, 6.07) is 19.0. The molecule has 1 heterocycles. The Morgan fingerprint density at radius 3 is 2.41 bits per heavy atom. The number of carbonyl (C=O) groups excluding carboxylic acids is 1. The maximum atomic E-state index is 12.8. The van der Waals surface area contributed by atoms with Gasteiger partial charge in [0.05, 0.1) is 29.7 Å². The van der Waals surface area contributed by atoms with Gasteiger partial charge in [-0.15, -0.1) is 0 Å². The number of carbonyl (C=O) groups is 1. The molecular weight excluding hydrogens is 430 g/mol. The Labute approximate surface area is 185 Å². The lowest BCUT2D eigenvalue weighted by Gasteiger charge is -2.12.